The van der Waals surface area contributed by atoms with E-state index < -0.39 is 46.6 Å². The van der Waals surface area contributed by atoms with Crippen LogP contribution in [0.2, 0.25) is 0 Å². The number of aromatic amines is 1. The number of likely N-dealkylation sites (tertiary alicyclic amines) is 2. The number of hydrogen-bond acceptors (Lipinski definition) is 9. The lowest BCUT2D eigenvalue weighted by atomic mass is 9.83. The molecule has 2 aliphatic heterocycles. The fourth-order valence-corrected chi connectivity index (χ4v) is 5.81. The summed E-state index contributed by atoms with van der Waals surface area (Å²) in [5.74, 6) is -4.94. The maximum atomic E-state index is 14.5. The molecule has 2 fully saturated rings. The first-order chi connectivity index (χ1) is 22.8. The number of aliphatic carboxylic acids is 2. The lowest BCUT2D eigenvalue weighted by molar-refractivity contribution is -0.143. The number of carbonyl (C=O) groups is 3. The van der Waals surface area contributed by atoms with Crippen LogP contribution in [0.25, 0.3) is 22.3 Å². The number of halogens is 4. The molecule has 250 valence electrons. The Kier molecular flexibility index (Phi) is 9.52. The van der Waals surface area contributed by atoms with Crippen molar-refractivity contribution >= 4 is 28.9 Å². The fourth-order valence-electron chi connectivity index (χ4n) is 5.81. The predicted molar refractivity (Wildman–Crippen MR) is 157 cm³/mol. The zero-order chi connectivity index (χ0) is 34.6. The van der Waals surface area contributed by atoms with Gasteiger partial charge in [-0.25, -0.2) is 28.9 Å². The van der Waals surface area contributed by atoms with E-state index in [2.05, 4.69) is 36.0 Å². The van der Waals surface area contributed by atoms with E-state index in [1.807, 2.05) is 16.9 Å². The number of amides is 1. The van der Waals surface area contributed by atoms with Crippen molar-refractivity contribution in [1.29, 1.82) is 5.26 Å². The number of carboxylic acid groups (broad SMARTS) is 2. The van der Waals surface area contributed by atoms with E-state index >= 15 is 0 Å². The summed E-state index contributed by atoms with van der Waals surface area (Å²) in [6, 6.07) is 5.26. The van der Waals surface area contributed by atoms with Crippen LogP contribution in [0.5, 0.6) is 0 Å². The average Bonchev–Trinajstić information content (AvgIpc) is 3.72. The van der Waals surface area contributed by atoms with Crippen molar-refractivity contribution in [3.05, 3.63) is 72.5 Å². The molecule has 0 atom stereocenters. The van der Waals surface area contributed by atoms with Gasteiger partial charge >= 0.3 is 18.1 Å². The molecule has 14 nitrogen and oxygen atoms in total. The van der Waals surface area contributed by atoms with Crippen LogP contribution in [0.15, 0.2) is 55.4 Å². The second-order valence-corrected chi connectivity index (χ2v) is 11.2. The van der Waals surface area contributed by atoms with Crippen LogP contribution < -0.4 is 0 Å². The summed E-state index contributed by atoms with van der Waals surface area (Å²) in [5.41, 5.74) is -0.568. The quantitative estimate of drug-likeness (QED) is 0.193. The Morgan fingerprint density at radius 3 is 2.40 bits per heavy atom. The number of pyridine rings is 1. The number of aromatic nitrogens is 6. The fraction of sp³-hybridized carbons (Fsp3) is 0.333. The highest BCUT2D eigenvalue weighted by Crippen LogP contribution is 2.37. The van der Waals surface area contributed by atoms with Gasteiger partial charge in [-0.05, 0) is 25.0 Å². The summed E-state index contributed by atoms with van der Waals surface area (Å²) >= 11 is 0. The van der Waals surface area contributed by atoms with Gasteiger partial charge in [-0.1, -0.05) is 0 Å². The summed E-state index contributed by atoms with van der Waals surface area (Å²) in [6.07, 6.45) is 5.23. The first-order valence-corrected chi connectivity index (χ1v) is 14.4. The molecule has 18 heteroatoms. The van der Waals surface area contributed by atoms with Gasteiger partial charge in [-0.3, -0.25) is 14.4 Å². The SMILES string of the molecule is N#CCC1(n2cc(-c3ncnc4[nH]ccc34)cn2)CN(C2CCN(C(=O)c3ccnc(C(F)(F)F)c3F)CC2)C1.O=C(O)/C=C\C(=O)O. The van der Waals surface area contributed by atoms with Gasteiger partial charge in [0.1, 0.15) is 17.5 Å². The van der Waals surface area contributed by atoms with Gasteiger partial charge in [0.2, 0.25) is 0 Å². The van der Waals surface area contributed by atoms with Gasteiger partial charge in [-0.15, -0.1) is 0 Å². The molecule has 0 aliphatic carbocycles. The monoisotopic (exact) mass is 669 g/mol. The number of piperidine rings is 1. The molecule has 2 aliphatic rings. The van der Waals surface area contributed by atoms with Crippen LogP contribution in [0, 0.1) is 17.1 Å². The molecule has 0 unspecified atom stereocenters. The number of H-pyrrole nitrogens is 1. The minimum absolute atomic E-state index is 0.111. The maximum Gasteiger partial charge on any atom is 0.436 e. The van der Waals surface area contributed by atoms with Crippen molar-refractivity contribution in [1.82, 2.24) is 39.5 Å². The molecule has 0 radical (unpaired) electrons. The summed E-state index contributed by atoms with van der Waals surface area (Å²) in [5, 5.41) is 30.6. The van der Waals surface area contributed by atoms with E-state index in [1.165, 1.54) is 11.2 Å². The normalized spacial score (nSPS) is 16.6. The molecule has 0 saturated carbocycles. The van der Waals surface area contributed by atoms with Crippen molar-refractivity contribution in [2.45, 2.75) is 37.0 Å². The number of rotatable bonds is 7. The summed E-state index contributed by atoms with van der Waals surface area (Å²) < 4.78 is 55.4. The van der Waals surface area contributed by atoms with Crippen LogP contribution in [0.1, 0.15) is 35.3 Å². The third-order valence-corrected chi connectivity index (χ3v) is 8.12. The van der Waals surface area contributed by atoms with Crippen molar-refractivity contribution < 1.29 is 42.2 Å². The molecule has 3 N–H and O–H groups in total. The van der Waals surface area contributed by atoms with Crippen LogP contribution in [0.4, 0.5) is 17.6 Å². The summed E-state index contributed by atoms with van der Waals surface area (Å²) in [6.45, 7) is 1.72. The first kappa shape index (κ1) is 33.7. The van der Waals surface area contributed by atoms with Gasteiger partial charge in [-0.2, -0.15) is 23.5 Å². The molecule has 6 rings (SSSR count). The number of hydrogen-bond donors (Lipinski definition) is 3. The Hall–Kier alpha value is -5.70. The Labute approximate surface area is 268 Å². The predicted octanol–water partition coefficient (Wildman–Crippen LogP) is 3.32. The van der Waals surface area contributed by atoms with E-state index in [0.29, 0.717) is 38.1 Å². The molecule has 4 aromatic rings. The largest absolute Gasteiger partial charge is 0.478 e. The van der Waals surface area contributed by atoms with E-state index in [0.717, 1.165) is 34.6 Å². The molecule has 0 aromatic carbocycles. The van der Waals surface area contributed by atoms with E-state index in [1.54, 1.807) is 12.4 Å². The van der Waals surface area contributed by atoms with Gasteiger partial charge in [0.15, 0.2) is 11.5 Å². The smallest absolute Gasteiger partial charge is 0.436 e. The second kappa shape index (κ2) is 13.6. The highest BCUT2D eigenvalue weighted by molar-refractivity contribution is 5.94. The van der Waals surface area contributed by atoms with Crippen LogP contribution in [-0.4, -0.2) is 99.8 Å². The summed E-state index contributed by atoms with van der Waals surface area (Å²) in [4.78, 5) is 50.3. The van der Waals surface area contributed by atoms with E-state index in [4.69, 9.17) is 10.2 Å². The molecule has 6 heterocycles. The van der Waals surface area contributed by atoms with Crippen molar-refractivity contribution in [2.24, 2.45) is 0 Å². The Morgan fingerprint density at radius 1 is 1.08 bits per heavy atom. The lowest BCUT2D eigenvalue weighted by Gasteiger charge is -2.53. The first-order valence-electron chi connectivity index (χ1n) is 14.4. The van der Waals surface area contributed by atoms with Gasteiger partial charge in [0.25, 0.3) is 5.91 Å². The number of nitrogens with one attached hydrogen (secondary N) is 1. The molecule has 0 bridgehead atoms. The summed E-state index contributed by atoms with van der Waals surface area (Å²) in [7, 11) is 0. The third kappa shape index (κ3) is 7.00. The zero-order valence-electron chi connectivity index (χ0n) is 24.9. The molecular formula is C30H27F4N9O5. The van der Waals surface area contributed by atoms with Crippen molar-refractivity contribution in [3.63, 3.8) is 0 Å². The maximum absolute atomic E-state index is 14.5. The topological polar surface area (TPSA) is 194 Å². The van der Waals surface area contributed by atoms with Gasteiger partial charge in [0.05, 0.1) is 29.9 Å². The highest BCUT2D eigenvalue weighted by Gasteiger charge is 2.48. The van der Waals surface area contributed by atoms with Gasteiger partial charge in [0, 0.05) is 73.9 Å². The number of alkyl halides is 3. The minimum Gasteiger partial charge on any atom is -0.478 e. The average molecular weight is 670 g/mol. The molecule has 2 saturated heterocycles. The van der Waals surface area contributed by atoms with Crippen LogP contribution in [-0.2, 0) is 21.3 Å². The lowest BCUT2D eigenvalue weighted by Crippen LogP contribution is -2.66. The molecule has 48 heavy (non-hydrogen) atoms. The van der Waals surface area contributed by atoms with Crippen molar-refractivity contribution in [2.75, 3.05) is 26.2 Å². The molecule has 0 spiro atoms. The third-order valence-electron chi connectivity index (χ3n) is 8.12. The molecular weight excluding hydrogens is 642 g/mol. The zero-order valence-corrected chi connectivity index (χ0v) is 24.9. The Morgan fingerprint density at radius 2 is 1.77 bits per heavy atom. The van der Waals surface area contributed by atoms with Gasteiger partial charge < -0.3 is 20.1 Å². The molecule has 1 amide bonds. The number of nitriles is 1. The Bertz CT molecular complexity index is 1890. The van der Waals surface area contributed by atoms with E-state index in [9.17, 15) is 37.2 Å². The standard InChI is InChI=1S/C26H23F4N9O.C4H4O4/c27-20-18(1-7-32-22(20)26(28,29)30)24(40)37-9-3-17(4-10-37)38-13-25(14-38,5-6-31)39-12-16(11-36-39)21-19-2-8-33-23(19)35-15-34-21;5-3(6)1-2-4(7)8/h1-2,7-8,11-12,15,17H,3-5,9-10,13-14H2,(H,33,34,35);1-2H,(H,5,6)(H,7,8)/b;2-1-. The highest BCUT2D eigenvalue weighted by atomic mass is 19.4. The van der Waals surface area contributed by atoms with Crippen LogP contribution in [0.3, 0.4) is 0 Å². The minimum atomic E-state index is -4.99. The van der Waals surface area contributed by atoms with Crippen molar-refractivity contribution in [3.8, 4) is 17.3 Å². The second-order valence-electron chi connectivity index (χ2n) is 11.2. The molecule has 4 aromatic heterocycles. The number of nitrogens with zero attached hydrogens (tertiary/aromatic N) is 8. The number of carbonyl (C=O) groups excluding carboxylic acids is 1. The Balaban J connectivity index is 0.000000503. The number of carboxylic acids is 2. The van der Waals surface area contributed by atoms with Crippen LogP contribution >= 0.6 is 0 Å². The number of fused-ring (bicyclic) bond motifs is 1. The van der Waals surface area contributed by atoms with E-state index in [-0.39, 0.29) is 25.6 Å².